The normalized spacial score (nSPS) is 26.9. The van der Waals surface area contributed by atoms with Gasteiger partial charge in [0, 0.05) is 29.0 Å². The molecule has 0 aliphatic carbocycles. The van der Waals surface area contributed by atoms with Crippen LogP contribution in [0.1, 0.15) is 118 Å². The fourth-order valence-electron chi connectivity index (χ4n) is 15.4. The summed E-state index contributed by atoms with van der Waals surface area (Å²) in [6.07, 6.45) is 10.8. The molecule has 40 nitrogen and oxygen atoms in total. The number of ether oxygens (including phenoxy) is 5. The molecule has 10 aromatic heterocycles. The fourth-order valence-corrected chi connectivity index (χ4v) is 21.7. The van der Waals surface area contributed by atoms with Crippen LogP contribution in [0.3, 0.4) is 0 Å². The third-order valence-electron chi connectivity index (χ3n) is 22.1. The first-order valence-corrected chi connectivity index (χ1v) is 59.0. The second-order valence-electron chi connectivity index (χ2n) is 36.6. The molecule has 20 atom stereocenters. The molecule has 5 aliphatic rings. The van der Waals surface area contributed by atoms with Crippen molar-refractivity contribution in [3.05, 3.63) is 107 Å². The Labute approximate surface area is 763 Å². The predicted octanol–water partition coefficient (Wildman–Crippen LogP) is 4.23. The number of imidazole rings is 5. The lowest BCUT2D eigenvalue weighted by Crippen LogP contribution is -2.32. The average molecular weight is 2090 g/mol. The molecular weight excluding hydrogens is 1970 g/mol. The SMILES string of the molecule is C=P(C)(C)CC[C@H]1OC(n2c(Br)nc3c(=O)[nH]c(C)nc32)[C@H](O)[C@@H]1O.C=P(C)(C)CC[C@H]1OC(n2c(CCCC)nc3c(=O)[nH]c(C)nc32)[C@H](O)[C@@H]1O.C=P(C)(C)CC[C@H]1OC(n2c(Cl)nc3c(=O)[nH]c(C)nc32)[C@H](O)[C@@H]1O.C=P(C)(C)CC[C@H]1OC(n2c(F)nc3c(=O)[nH]c(C)nc32)[C@H](O)[C@@H]1O.C=P(C)(C)CC[C@H]1OC(n2c(I)nc3c(=O)[nH]c(C)nc32)[C@H](O)[C@@H]1O. The average Bonchev–Trinajstić information content (AvgIpc) is 1.59. The molecule has 15 N–H and O–H groups in total. The quantitative estimate of drug-likeness (QED) is 0.0242. The summed E-state index contributed by atoms with van der Waals surface area (Å²) in [5.74, 6) is 2.66. The van der Waals surface area contributed by atoms with E-state index in [9.17, 15) is 79.4 Å². The van der Waals surface area contributed by atoms with E-state index >= 15 is 0 Å². The number of aryl methyl sites for hydroxylation is 6. The highest BCUT2D eigenvalue weighted by Crippen LogP contribution is 2.47. The number of rotatable bonds is 23. The van der Waals surface area contributed by atoms with E-state index in [0.29, 0.717) is 93.2 Å². The number of nitrogens with zero attached hydrogens (tertiary/aromatic N) is 15. The third-order valence-corrected chi connectivity index (χ3v) is 31.0. The van der Waals surface area contributed by atoms with Gasteiger partial charge in [0.25, 0.3) is 33.9 Å². The van der Waals surface area contributed by atoms with Crippen molar-refractivity contribution in [1.82, 2.24) is 97.6 Å². The van der Waals surface area contributed by atoms with Crippen molar-refractivity contribution in [1.29, 1.82) is 0 Å². The van der Waals surface area contributed by atoms with E-state index in [-0.39, 0.29) is 66.7 Å². The molecule has 0 bridgehead atoms. The van der Waals surface area contributed by atoms with E-state index in [2.05, 4.69) is 196 Å². The minimum Gasteiger partial charge on any atom is -0.388 e. The van der Waals surface area contributed by atoms with Crippen molar-refractivity contribution >= 4 is 172 Å². The highest BCUT2D eigenvalue weighted by Gasteiger charge is 2.51. The van der Waals surface area contributed by atoms with Gasteiger partial charge in [0.2, 0.25) is 5.28 Å². The summed E-state index contributed by atoms with van der Waals surface area (Å²) in [4.78, 5) is 115. The van der Waals surface area contributed by atoms with Crippen LogP contribution >= 0.6 is 84.6 Å². The van der Waals surface area contributed by atoms with Gasteiger partial charge >= 0.3 is 0 Å². The molecular formula is C79H119BrClFIN20O20P5. The van der Waals surface area contributed by atoms with Gasteiger partial charge in [0.15, 0.2) is 95.5 Å². The van der Waals surface area contributed by atoms with Gasteiger partial charge < -0.3 is 99.7 Å². The molecule has 5 aliphatic heterocycles. The second kappa shape index (κ2) is 40.7. The van der Waals surface area contributed by atoms with Crippen LogP contribution in [0, 0.1) is 44.5 Å². The zero-order valence-electron chi connectivity index (χ0n) is 74.3. The summed E-state index contributed by atoms with van der Waals surface area (Å²) >= 11 is 11.4. The number of aliphatic hydroxyl groups excluding tert-OH is 10. The molecule has 708 valence electrons. The summed E-state index contributed by atoms with van der Waals surface area (Å²) in [7, 11) is 0. The lowest BCUT2D eigenvalue weighted by molar-refractivity contribution is -0.0413. The fraction of sp³-hybridized carbons (Fsp3) is 0.620. The number of aromatic nitrogens is 20. The van der Waals surface area contributed by atoms with Crippen LogP contribution in [-0.4, -0.2) is 369 Å². The van der Waals surface area contributed by atoms with Crippen LogP contribution < -0.4 is 27.8 Å². The molecule has 5 unspecified atom stereocenters. The third kappa shape index (κ3) is 23.7. The Morgan fingerprint density at radius 2 is 0.625 bits per heavy atom. The number of aromatic amines is 5. The van der Waals surface area contributed by atoms with Crippen molar-refractivity contribution in [2.45, 2.75) is 216 Å². The molecule has 15 rings (SSSR count). The van der Waals surface area contributed by atoms with Crippen molar-refractivity contribution in [3.63, 3.8) is 0 Å². The van der Waals surface area contributed by atoms with Gasteiger partial charge in [0.1, 0.15) is 96.0 Å². The molecule has 0 spiro atoms. The van der Waals surface area contributed by atoms with Gasteiger partial charge in [-0.2, -0.15) is 9.37 Å². The topological polar surface area (TPSA) is 566 Å². The van der Waals surface area contributed by atoms with Crippen LogP contribution in [0.15, 0.2) is 28.7 Å². The van der Waals surface area contributed by atoms with Gasteiger partial charge in [-0.05, 0) is 198 Å². The van der Waals surface area contributed by atoms with Crippen LogP contribution in [-0.2, 0) is 30.1 Å². The molecule has 49 heteroatoms. The molecule has 5 saturated heterocycles. The number of aliphatic hydroxyl groups is 10. The monoisotopic (exact) mass is 2080 g/mol. The van der Waals surface area contributed by atoms with E-state index < -0.39 is 174 Å². The van der Waals surface area contributed by atoms with Gasteiger partial charge in [-0.25, -0.2) is 44.9 Å². The van der Waals surface area contributed by atoms with E-state index in [1.54, 1.807) is 43.8 Å². The van der Waals surface area contributed by atoms with Crippen molar-refractivity contribution < 1.29 is 79.1 Å². The highest BCUT2D eigenvalue weighted by molar-refractivity contribution is 14.1. The van der Waals surface area contributed by atoms with E-state index in [1.165, 1.54) is 9.13 Å². The van der Waals surface area contributed by atoms with E-state index in [4.69, 9.17) is 35.3 Å². The number of nitrogens with one attached hydrogen (secondary N) is 5. The van der Waals surface area contributed by atoms with Crippen molar-refractivity contribution in [2.24, 2.45) is 0 Å². The smallest absolute Gasteiger partial charge is 0.293 e. The number of unbranched alkanes of at least 4 members (excludes halogenated alkanes) is 1. The van der Waals surface area contributed by atoms with Gasteiger partial charge in [0.05, 0.1) is 30.5 Å². The van der Waals surface area contributed by atoms with Crippen LogP contribution in [0.25, 0.3) is 55.8 Å². The van der Waals surface area contributed by atoms with Crippen molar-refractivity contribution in [2.75, 3.05) is 97.5 Å². The number of hydrogen-bond acceptors (Lipinski definition) is 30. The van der Waals surface area contributed by atoms with Crippen LogP contribution in [0.2, 0.25) is 5.28 Å². The Kier molecular flexibility index (Phi) is 32.6. The molecule has 128 heavy (non-hydrogen) atoms. The zero-order chi connectivity index (χ0) is 94.7. The first-order valence-electron chi connectivity index (χ1n) is 41.5. The summed E-state index contributed by atoms with van der Waals surface area (Å²) in [6.45, 7) is 24.9. The van der Waals surface area contributed by atoms with Crippen LogP contribution in [0.5, 0.6) is 0 Å². The second-order valence-corrected chi connectivity index (χ2v) is 60.2. The lowest BCUT2D eigenvalue weighted by atomic mass is 10.1. The number of fused-ring (bicyclic) bond motifs is 5. The molecule has 5 fully saturated rings. The molecule has 0 radical (unpaired) electrons. The molecule has 10 aromatic rings. The highest BCUT2D eigenvalue weighted by atomic mass is 127. The lowest BCUT2D eigenvalue weighted by Gasteiger charge is -2.20. The van der Waals surface area contributed by atoms with E-state index in [1.807, 2.05) is 22.6 Å². The Bertz CT molecular complexity index is 5720. The number of H-pyrrole nitrogens is 5. The van der Waals surface area contributed by atoms with E-state index in [0.717, 1.165) is 48.2 Å². The standard InChI is InChI=1S/C19H31N4O4P.C15H22BrN4O4P.C15H22ClN4O4P.C15H22FN4O4P.C15H22IN4O4P/c1-6-7-8-13-22-14-17(20-11(2)21-18(14)26)23(13)19-16(25)15(24)12(27-19)9-10-28(3,4)5;4*1-7-17-12-9(13(23)18-7)19-15(16)20(12)14-11(22)10(21)8(24-14)5-6-25(2,3)4/h12,15-16,19,24-25H,3,6-10H2,1-2,4-5H3,(H,20,21,26);4*8,10-11,14,21-22H,2,5-6H2,1,3-4H3,(H,17,18,23)/t12-,15-,16-,19?;4*8-,10-,11-,14?/m11111/s1. The maximum Gasteiger partial charge on any atom is 0.293 e. The number of hydrogen-bond donors (Lipinski definition) is 15. The largest absolute Gasteiger partial charge is 0.388 e. The van der Waals surface area contributed by atoms with Crippen LogP contribution in [0.4, 0.5) is 4.39 Å². The molecule has 15 heterocycles. The van der Waals surface area contributed by atoms with Gasteiger partial charge in [-0.1, -0.05) is 13.3 Å². The molecule has 0 amide bonds. The number of halogens is 4. The summed E-state index contributed by atoms with van der Waals surface area (Å²) in [5, 5.41) is 104. The van der Waals surface area contributed by atoms with Gasteiger partial charge in [-0.3, -0.25) is 46.8 Å². The Morgan fingerprint density at radius 1 is 0.375 bits per heavy atom. The van der Waals surface area contributed by atoms with Gasteiger partial charge in [-0.15, -0.1) is 65.9 Å². The predicted molar refractivity (Wildman–Crippen MR) is 515 cm³/mol. The molecule has 0 aromatic carbocycles. The maximum atomic E-state index is 14.4. The minimum absolute atomic E-state index is 0.0272. The first kappa shape index (κ1) is 103. The first-order chi connectivity index (χ1) is 59.4. The Morgan fingerprint density at radius 3 is 0.953 bits per heavy atom. The summed E-state index contributed by atoms with van der Waals surface area (Å²) in [5.41, 5.74) is -0.347. The summed E-state index contributed by atoms with van der Waals surface area (Å²) < 4.78 is 51.8. The van der Waals surface area contributed by atoms with Crippen molar-refractivity contribution in [3.8, 4) is 0 Å². The zero-order valence-corrected chi connectivity index (χ0v) is 83.3. The Hall–Kier alpha value is -5.92. The Balaban J connectivity index is 0.000000155. The maximum absolute atomic E-state index is 14.4. The summed E-state index contributed by atoms with van der Waals surface area (Å²) in [6, 6.07) is 0. The molecule has 0 saturated carbocycles. The minimum atomic E-state index is -1.36.